The lowest BCUT2D eigenvalue weighted by Crippen LogP contribution is -2.47. The van der Waals surface area contributed by atoms with Crippen molar-refractivity contribution in [1.29, 1.82) is 0 Å². The van der Waals surface area contributed by atoms with Gasteiger partial charge >= 0.3 is 0 Å². The molecule has 3 heterocycles. The van der Waals surface area contributed by atoms with Crippen molar-refractivity contribution in [2.45, 2.75) is 37.5 Å². The van der Waals surface area contributed by atoms with E-state index in [1.807, 2.05) is 12.1 Å². The fraction of sp³-hybridized carbons (Fsp3) is 0.360. The van der Waals surface area contributed by atoms with Gasteiger partial charge in [0.15, 0.2) is 0 Å². The van der Waals surface area contributed by atoms with Crippen LogP contribution in [-0.2, 0) is 11.2 Å². The van der Waals surface area contributed by atoms with Gasteiger partial charge < -0.3 is 20.5 Å². The van der Waals surface area contributed by atoms with Crippen molar-refractivity contribution in [2.75, 3.05) is 20.3 Å². The maximum absolute atomic E-state index is 13.7. The summed E-state index contributed by atoms with van der Waals surface area (Å²) in [5.74, 6) is -0.356. The first-order valence-corrected chi connectivity index (χ1v) is 11.0. The molecule has 0 spiro atoms. The minimum Gasteiger partial charge on any atom is -0.481 e. The standard InChI is InChI=1S/C25H28F2N4O2/c1-32-24-9-7-22-25(31-24)17(10-12-30-22)14-21(28)23-8-5-19(15-33-23)29-11-2-3-16-13-18(26)4-6-20(16)27/h2-4,6-7,9-10,12-13,19,21,23,29H,5,8,11,14-15,28H2,1H3/b3-2+/t19-,21+,23+/m1/s1. The Morgan fingerprint density at radius 1 is 1.24 bits per heavy atom. The van der Waals surface area contributed by atoms with Crippen LogP contribution in [0.5, 0.6) is 5.88 Å². The van der Waals surface area contributed by atoms with Gasteiger partial charge in [0.05, 0.1) is 30.9 Å². The highest BCUT2D eigenvalue weighted by Gasteiger charge is 2.26. The number of methoxy groups -OCH3 is 1. The van der Waals surface area contributed by atoms with Crippen LogP contribution in [0.1, 0.15) is 24.0 Å². The number of rotatable bonds is 8. The molecule has 2 aromatic heterocycles. The van der Waals surface area contributed by atoms with E-state index in [9.17, 15) is 8.78 Å². The molecular weight excluding hydrogens is 426 g/mol. The highest BCUT2D eigenvalue weighted by atomic mass is 19.1. The Balaban J connectivity index is 1.27. The molecule has 1 saturated heterocycles. The second-order valence-electron chi connectivity index (χ2n) is 8.18. The predicted octanol–water partition coefficient (Wildman–Crippen LogP) is 3.64. The quantitative estimate of drug-likeness (QED) is 0.541. The highest BCUT2D eigenvalue weighted by Crippen LogP contribution is 2.23. The van der Waals surface area contributed by atoms with E-state index in [0.29, 0.717) is 25.5 Å². The summed E-state index contributed by atoms with van der Waals surface area (Å²) in [7, 11) is 1.59. The number of pyridine rings is 2. The van der Waals surface area contributed by atoms with Crippen LogP contribution >= 0.6 is 0 Å². The fourth-order valence-electron chi connectivity index (χ4n) is 4.06. The number of hydrogen-bond donors (Lipinski definition) is 2. The Hall–Kier alpha value is -2.94. The fourth-order valence-corrected chi connectivity index (χ4v) is 4.06. The zero-order chi connectivity index (χ0) is 23.2. The molecule has 0 radical (unpaired) electrons. The summed E-state index contributed by atoms with van der Waals surface area (Å²) < 4.78 is 38.2. The van der Waals surface area contributed by atoms with Crippen molar-refractivity contribution in [3.05, 3.63) is 71.4 Å². The number of fused-ring (bicyclic) bond motifs is 1. The number of nitrogens with one attached hydrogen (secondary N) is 1. The van der Waals surface area contributed by atoms with E-state index < -0.39 is 11.6 Å². The van der Waals surface area contributed by atoms with E-state index in [2.05, 4.69) is 15.3 Å². The molecular formula is C25H28F2N4O2. The minimum atomic E-state index is -0.457. The summed E-state index contributed by atoms with van der Waals surface area (Å²) in [4.78, 5) is 8.90. The zero-order valence-corrected chi connectivity index (χ0v) is 18.5. The Kier molecular flexibility index (Phi) is 7.59. The third kappa shape index (κ3) is 5.90. The molecule has 3 N–H and O–H groups in total. The summed E-state index contributed by atoms with van der Waals surface area (Å²) in [6, 6.07) is 9.05. The molecule has 0 aliphatic carbocycles. The molecule has 1 fully saturated rings. The van der Waals surface area contributed by atoms with Crippen LogP contribution in [0.3, 0.4) is 0 Å². The van der Waals surface area contributed by atoms with Crippen LogP contribution in [0.15, 0.2) is 48.7 Å². The number of nitrogens with zero attached hydrogens (tertiary/aromatic N) is 2. The van der Waals surface area contributed by atoms with Gasteiger partial charge in [-0.3, -0.25) is 4.98 Å². The molecule has 6 nitrogen and oxygen atoms in total. The van der Waals surface area contributed by atoms with Gasteiger partial charge in [0.2, 0.25) is 5.88 Å². The molecule has 1 aromatic carbocycles. The molecule has 3 aromatic rings. The van der Waals surface area contributed by atoms with Crippen molar-refractivity contribution >= 4 is 17.1 Å². The Labute approximate surface area is 191 Å². The minimum absolute atomic E-state index is 0.0474. The highest BCUT2D eigenvalue weighted by molar-refractivity contribution is 5.78. The predicted molar refractivity (Wildman–Crippen MR) is 124 cm³/mol. The van der Waals surface area contributed by atoms with Crippen molar-refractivity contribution in [3.63, 3.8) is 0 Å². The van der Waals surface area contributed by atoms with Crippen molar-refractivity contribution in [1.82, 2.24) is 15.3 Å². The van der Waals surface area contributed by atoms with Crippen LogP contribution in [0.2, 0.25) is 0 Å². The first-order valence-electron chi connectivity index (χ1n) is 11.0. The number of benzene rings is 1. The van der Waals surface area contributed by atoms with Gasteiger partial charge in [0.1, 0.15) is 11.6 Å². The van der Waals surface area contributed by atoms with Crippen molar-refractivity contribution in [2.24, 2.45) is 5.73 Å². The molecule has 0 unspecified atom stereocenters. The lowest BCUT2D eigenvalue weighted by molar-refractivity contribution is -0.0156. The lowest BCUT2D eigenvalue weighted by Gasteiger charge is -2.33. The Morgan fingerprint density at radius 3 is 2.91 bits per heavy atom. The van der Waals surface area contributed by atoms with Gasteiger partial charge in [0.25, 0.3) is 0 Å². The molecule has 0 amide bonds. The summed E-state index contributed by atoms with van der Waals surface area (Å²) >= 11 is 0. The molecule has 174 valence electrons. The number of halogens is 2. The van der Waals surface area contributed by atoms with Crippen LogP contribution < -0.4 is 15.8 Å². The second-order valence-corrected chi connectivity index (χ2v) is 8.18. The zero-order valence-electron chi connectivity index (χ0n) is 18.5. The number of aromatic nitrogens is 2. The molecule has 8 heteroatoms. The van der Waals surface area contributed by atoms with Gasteiger partial charge in [-0.15, -0.1) is 0 Å². The summed E-state index contributed by atoms with van der Waals surface area (Å²) in [5, 5.41) is 3.37. The molecule has 33 heavy (non-hydrogen) atoms. The largest absolute Gasteiger partial charge is 0.481 e. The van der Waals surface area contributed by atoms with E-state index in [0.717, 1.165) is 41.6 Å². The summed E-state index contributed by atoms with van der Waals surface area (Å²) in [6.07, 6.45) is 7.47. The summed E-state index contributed by atoms with van der Waals surface area (Å²) in [5.41, 5.74) is 9.35. The molecule has 1 aliphatic heterocycles. The first-order chi connectivity index (χ1) is 16.0. The van der Waals surface area contributed by atoms with Crippen LogP contribution in [0, 0.1) is 11.6 Å². The second kappa shape index (κ2) is 10.8. The average Bonchev–Trinajstić information content (AvgIpc) is 2.84. The van der Waals surface area contributed by atoms with Crippen LogP contribution in [0.25, 0.3) is 17.1 Å². The molecule has 1 aliphatic rings. The molecule has 0 saturated carbocycles. The van der Waals surface area contributed by atoms with Gasteiger partial charge in [-0.05, 0) is 55.2 Å². The van der Waals surface area contributed by atoms with E-state index in [1.165, 1.54) is 6.07 Å². The number of ether oxygens (including phenoxy) is 2. The van der Waals surface area contributed by atoms with Gasteiger partial charge in [0, 0.05) is 36.5 Å². The Bertz CT molecular complexity index is 1120. The lowest BCUT2D eigenvalue weighted by atomic mass is 9.95. The SMILES string of the molecule is COc1ccc2nccc(C[C@H](N)[C@@H]3CC[C@@H](NC/C=C/c4cc(F)ccc4F)CO3)c2n1. The number of hydrogen-bond acceptors (Lipinski definition) is 6. The van der Waals surface area contributed by atoms with Crippen molar-refractivity contribution < 1.29 is 18.3 Å². The average molecular weight is 455 g/mol. The topological polar surface area (TPSA) is 82.3 Å². The number of nitrogens with two attached hydrogens (primary N) is 1. The van der Waals surface area contributed by atoms with E-state index in [1.54, 1.807) is 31.5 Å². The smallest absolute Gasteiger partial charge is 0.213 e. The van der Waals surface area contributed by atoms with Crippen LogP contribution in [0.4, 0.5) is 8.78 Å². The van der Waals surface area contributed by atoms with E-state index in [-0.39, 0.29) is 23.8 Å². The third-order valence-electron chi connectivity index (χ3n) is 5.88. The van der Waals surface area contributed by atoms with E-state index >= 15 is 0 Å². The molecule has 0 bridgehead atoms. The van der Waals surface area contributed by atoms with Gasteiger partial charge in [-0.25, -0.2) is 13.8 Å². The summed E-state index contributed by atoms with van der Waals surface area (Å²) in [6.45, 7) is 1.08. The Morgan fingerprint density at radius 2 is 2.12 bits per heavy atom. The van der Waals surface area contributed by atoms with Gasteiger partial charge in [-0.1, -0.05) is 12.2 Å². The maximum Gasteiger partial charge on any atom is 0.213 e. The molecule has 4 rings (SSSR count). The molecule has 3 atom stereocenters. The first kappa shape index (κ1) is 23.2. The normalized spacial score (nSPS) is 19.8. The third-order valence-corrected chi connectivity index (χ3v) is 5.88. The van der Waals surface area contributed by atoms with Gasteiger partial charge in [-0.2, -0.15) is 0 Å². The monoisotopic (exact) mass is 454 g/mol. The van der Waals surface area contributed by atoms with Crippen LogP contribution in [-0.4, -0.2) is 48.4 Å². The van der Waals surface area contributed by atoms with E-state index in [4.69, 9.17) is 15.2 Å². The maximum atomic E-state index is 13.7. The van der Waals surface area contributed by atoms with Crippen molar-refractivity contribution in [3.8, 4) is 5.88 Å².